The van der Waals surface area contributed by atoms with Crippen LogP contribution in [0.1, 0.15) is 18.1 Å². The van der Waals surface area contributed by atoms with Crippen LogP contribution in [-0.4, -0.2) is 29.4 Å². The highest BCUT2D eigenvalue weighted by molar-refractivity contribution is 6.19. The third kappa shape index (κ3) is 2.32. The molecule has 6 nitrogen and oxygen atoms in total. The Kier molecular flexibility index (Phi) is 4.04. The molecule has 0 saturated carbocycles. The topological polar surface area (TPSA) is 78.5 Å². The molecular weight excluding hydrogens is 306 g/mol. The number of carbonyl (C=O) groups is 3. The molecular formula is C18H17N3O3. The zero-order valence-electron chi connectivity index (χ0n) is 13.2. The first-order chi connectivity index (χ1) is 11.6. The fraction of sp³-hybridized carbons (Fsp3) is 0.167. The lowest BCUT2D eigenvalue weighted by atomic mass is 9.83. The highest BCUT2D eigenvalue weighted by Crippen LogP contribution is 2.35. The quantitative estimate of drug-likeness (QED) is 0.850. The third-order valence-electron chi connectivity index (χ3n) is 3.97. The van der Waals surface area contributed by atoms with Gasteiger partial charge in [0.2, 0.25) is 0 Å². The van der Waals surface area contributed by atoms with Crippen LogP contribution in [0.2, 0.25) is 0 Å². The van der Waals surface area contributed by atoms with E-state index in [1.807, 2.05) is 12.1 Å². The van der Waals surface area contributed by atoms with Crippen molar-refractivity contribution in [3.8, 4) is 0 Å². The number of hydrogen-bond acceptors (Lipinski definition) is 3. The molecule has 0 spiro atoms. The summed E-state index contributed by atoms with van der Waals surface area (Å²) in [5.41, 5.74) is -0.215. The summed E-state index contributed by atoms with van der Waals surface area (Å²) >= 11 is 0. The second-order valence-electron chi connectivity index (χ2n) is 5.39. The SMILES string of the molecule is CCNC(=O)N1C(=O)NC(c2ccccc2)(c2ccccc2)C1=O. The molecule has 5 amide bonds. The average Bonchev–Trinajstić information content (AvgIpc) is 2.88. The lowest BCUT2D eigenvalue weighted by Crippen LogP contribution is -2.47. The minimum absolute atomic E-state index is 0.319. The summed E-state index contributed by atoms with van der Waals surface area (Å²) < 4.78 is 0. The number of benzene rings is 2. The number of hydrogen-bond donors (Lipinski definition) is 2. The standard InChI is InChI=1S/C18H17N3O3/c1-2-19-16(23)21-15(22)18(20-17(21)24,13-9-5-3-6-10-13)14-11-7-4-8-12-14/h3-12H,2H2,1H3,(H,19,23)(H,20,24). The Morgan fingerprint density at radius 1 is 1.00 bits per heavy atom. The predicted octanol–water partition coefficient (Wildman–Crippen LogP) is 2.21. The number of imide groups is 3. The highest BCUT2D eigenvalue weighted by atomic mass is 16.2. The van der Waals surface area contributed by atoms with Crippen LogP contribution in [-0.2, 0) is 10.3 Å². The van der Waals surface area contributed by atoms with Gasteiger partial charge in [-0.15, -0.1) is 0 Å². The van der Waals surface area contributed by atoms with Crippen molar-refractivity contribution in [3.63, 3.8) is 0 Å². The molecule has 1 aliphatic heterocycles. The number of urea groups is 2. The molecule has 0 unspecified atom stereocenters. The van der Waals surface area contributed by atoms with E-state index in [0.717, 1.165) is 0 Å². The highest BCUT2D eigenvalue weighted by Gasteiger charge is 2.55. The summed E-state index contributed by atoms with van der Waals surface area (Å²) in [6.07, 6.45) is 0. The van der Waals surface area contributed by atoms with Crippen molar-refractivity contribution < 1.29 is 14.4 Å². The van der Waals surface area contributed by atoms with Gasteiger partial charge in [-0.2, -0.15) is 4.90 Å². The Morgan fingerprint density at radius 2 is 1.50 bits per heavy atom. The van der Waals surface area contributed by atoms with Gasteiger partial charge in [0.05, 0.1) is 0 Å². The predicted molar refractivity (Wildman–Crippen MR) is 88.1 cm³/mol. The van der Waals surface area contributed by atoms with E-state index in [1.165, 1.54) is 0 Å². The van der Waals surface area contributed by atoms with Gasteiger partial charge in [0.1, 0.15) is 0 Å². The van der Waals surface area contributed by atoms with Gasteiger partial charge in [0.25, 0.3) is 5.91 Å². The first kappa shape index (κ1) is 15.7. The van der Waals surface area contributed by atoms with E-state index in [-0.39, 0.29) is 0 Å². The Labute approximate surface area is 139 Å². The van der Waals surface area contributed by atoms with Crippen LogP contribution < -0.4 is 10.6 Å². The molecule has 6 heteroatoms. The van der Waals surface area contributed by atoms with Crippen LogP contribution in [0.25, 0.3) is 0 Å². The molecule has 2 aromatic rings. The van der Waals surface area contributed by atoms with Crippen LogP contribution >= 0.6 is 0 Å². The van der Waals surface area contributed by atoms with Crippen molar-refractivity contribution in [2.75, 3.05) is 6.54 Å². The van der Waals surface area contributed by atoms with Gasteiger partial charge < -0.3 is 10.6 Å². The second-order valence-corrected chi connectivity index (χ2v) is 5.39. The van der Waals surface area contributed by atoms with Gasteiger partial charge in [-0.1, -0.05) is 60.7 Å². The van der Waals surface area contributed by atoms with Gasteiger partial charge >= 0.3 is 12.1 Å². The van der Waals surface area contributed by atoms with Crippen molar-refractivity contribution >= 4 is 18.0 Å². The minimum atomic E-state index is -1.41. The van der Waals surface area contributed by atoms with Gasteiger partial charge in [-0.3, -0.25) is 4.79 Å². The Hall–Kier alpha value is -3.15. The molecule has 0 radical (unpaired) electrons. The zero-order valence-corrected chi connectivity index (χ0v) is 13.2. The van der Waals surface area contributed by atoms with E-state index >= 15 is 0 Å². The van der Waals surface area contributed by atoms with E-state index in [9.17, 15) is 14.4 Å². The van der Waals surface area contributed by atoms with E-state index < -0.39 is 23.5 Å². The maximum absolute atomic E-state index is 13.1. The van der Waals surface area contributed by atoms with Gasteiger partial charge in [0, 0.05) is 6.54 Å². The number of nitrogens with zero attached hydrogens (tertiary/aromatic N) is 1. The molecule has 24 heavy (non-hydrogen) atoms. The van der Waals surface area contributed by atoms with E-state index in [2.05, 4.69) is 10.6 Å². The molecule has 122 valence electrons. The lowest BCUT2D eigenvalue weighted by Gasteiger charge is -2.27. The Morgan fingerprint density at radius 3 is 1.96 bits per heavy atom. The molecule has 1 fully saturated rings. The summed E-state index contributed by atoms with van der Waals surface area (Å²) in [6.45, 7) is 2.04. The monoisotopic (exact) mass is 323 g/mol. The molecule has 0 bridgehead atoms. The summed E-state index contributed by atoms with van der Waals surface area (Å²) in [5, 5.41) is 5.21. The molecule has 2 aromatic carbocycles. The molecule has 0 atom stereocenters. The summed E-state index contributed by atoms with van der Waals surface area (Å²) in [4.78, 5) is 38.3. The molecule has 0 aromatic heterocycles. The van der Waals surface area contributed by atoms with Crippen molar-refractivity contribution in [2.24, 2.45) is 0 Å². The molecule has 1 aliphatic rings. The number of rotatable bonds is 3. The molecule has 0 aliphatic carbocycles. The number of carbonyl (C=O) groups excluding carboxylic acids is 3. The third-order valence-corrected chi connectivity index (χ3v) is 3.97. The fourth-order valence-electron chi connectivity index (χ4n) is 2.88. The molecule has 2 N–H and O–H groups in total. The smallest absolute Gasteiger partial charge is 0.333 e. The summed E-state index contributed by atoms with van der Waals surface area (Å²) in [7, 11) is 0. The normalized spacial score (nSPS) is 16.0. The van der Waals surface area contributed by atoms with Crippen LogP contribution in [0.3, 0.4) is 0 Å². The average molecular weight is 323 g/mol. The first-order valence-corrected chi connectivity index (χ1v) is 7.67. The van der Waals surface area contributed by atoms with E-state index in [1.54, 1.807) is 55.5 Å². The van der Waals surface area contributed by atoms with Crippen molar-refractivity contribution in [2.45, 2.75) is 12.5 Å². The van der Waals surface area contributed by atoms with Gasteiger partial charge in [-0.05, 0) is 18.1 Å². The molecule has 3 rings (SSSR count). The van der Waals surface area contributed by atoms with E-state index in [4.69, 9.17) is 0 Å². The first-order valence-electron chi connectivity index (χ1n) is 7.67. The maximum Gasteiger partial charge on any atom is 0.333 e. The largest absolute Gasteiger partial charge is 0.337 e. The van der Waals surface area contributed by atoms with Gasteiger partial charge in [0.15, 0.2) is 5.54 Å². The van der Waals surface area contributed by atoms with E-state index in [0.29, 0.717) is 22.6 Å². The molecule has 1 heterocycles. The minimum Gasteiger partial charge on any atom is -0.337 e. The van der Waals surface area contributed by atoms with Crippen LogP contribution in [0.5, 0.6) is 0 Å². The zero-order chi connectivity index (χ0) is 17.2. The van der Waals surface area contributed by atoms with Crippen molar-refractivity contribution in [1.82, 2.24) is 15.5 Å². The number of amides is 5. The van der Waals surface area contributed by atoms with Crippen molar-refractivity contribution in [3.05, 3.63) is 71.8 Å². The lowest BCUT2D eigenvalue weighted by molar-refractivity contribution is -0.128. The van der Waals surface area contributed by atoms with Crippen LogP contribution in [0.4, 0.5) is 9.59 Å². The Balaban J connectivity index is 2.16. The fourth-order valence-corrected chi connectivity index (χ4v) is 2.88. The van der Waals surface area contributed by atoms with Gasteiger partial charge in [-0.25, -0.2) is 9.59 Å². The Bertz CT molecular complexity index is 735. The van der Waals surface area contributed by atoms with Crippen LogP contribution in [0, 0.1) is 0 Å². The summed E-state index contributed by atoms with van der Waals surface area (Å²) in [5.74, 6) is -0.615. The number of nitrogens with one attached hydrogen (secondary N) is 2. The van der Waals surface area contributed by atoms with Crippen molar-refractivity contribution in [1.29, 1.82) is 0 Å². The maximum atomic E-state index is 13.1. The molecule has 1 saturated heterocycles. The summed E-state index contributed by atoms with van der Waals surface area (Å²) in [6, 6.07) is 16.4. The van der Waals surface area contributed by atoms with Crippen LogP contribution in [0.15, 0.2) is 60.7 Å². The second kappa shape index (κ2) is 6.16.